The van der Waals surface area contributed by atoms with Crippen LogP contribution in [0.15, 0.2) is 102 Å². The molecule has 2 aliphatic rings. The summed E-state index contributed by atoms with van der Waals surface area (Å²) in [4.78, 5) is 30.9. The van der Waals surface area contributed by atoms with Gasteiger partial charge < -0.3 is 40.7 Å². The molecule has 1 saturated heterocycles. The molecule has 1 saturated carbocycles. The van der Waals surface area contributed by atoms with Gasteiger partial charge in [0.15, 0.2) is 17.0 Å². The Morgan fingerprint density at radius 1 is 0.930 bits per heavy atom. The second-order valence-corrected chi connectivity index (χ2v) is 15.8. The molecule has 0 radical (unpaired) electrons. The van der Waals surface area contributed by atoms with Gasteiger partial charge in [0.25, 0.3) is 0 Å². The van der Waals surface area contributed by atoms with Gasteiger partial charge in [0, 0.05) is 37.3 Å². The molecule has 1 aliphatic heterocycles. The number of fused-ring (bicyclic) bond motifs is 1. The van der Waals surface area contributed by atoms with Crippen molar-refractivity contribution in [1.29, 1.82) is 0 Å². The number of primary sulfonamides is 1. The van der Waals surface area contributed by atoms with Crippen LogP contribution in [0.1, 0.15) is 47.7 Å². The number of hydrogen-bond donors (Lipinski definition) is 7. The highest BCUT2D eigenvalue weighted by Gasteiger charge is 2.45. The smallest absolute Gasteiger partial charge is 0.319 e. The minimum atomic E-state index is -3.87. The number of urea groups is 1. The molecule has 1 aliphatic carbocycles. The van der Waals surface area contributed by atoms with Crippen LogP contribution in [0, 0.1) is 0 Å². The van der Waals surface area contributed by atoms with Crippen LogP contribution < -0.4 is 26.0 Å². The van der Waals surface area contributed by atoms with Crippen LogP contribution in [0.5, 0.6) is 0 Å². The Morgan fingerprint density at radius 3 is 2.26 bits per heavy atom. The fourth-order valence-electron chi connectivity index (χ4n) is 7.58. The lowest BCUT2D eigenvalue weighted by Gasteiger charge is -2.22. The molecule has 4 heterocycles. The van der Waals surface area contributed by atoms with Crippen molar-refractivity contribution in [3.8, 4) is 0 Å². The van der Waals surface area contributed by atoms with E-state index < -0.39 is 40.3 Å². The van der Waals surface area contributed by atoms with Gasteiger partial charge in [0.2, 0.25) is 16.0 Å². The number of amides is 2. The highest BCUT2D eigenvalue weighted by atomic mass is 32.2. The third-order valence-corrected chi connectivity index (χ3v) is 11.5. The predicted molar refractivity (Wildman–Crippen MR) is 210 cm³/mol. The molecule has 57 heavy (non-hydrogen) atoms. The summed E-state index contributed by atoms with van der Waals surface area (Å²) in [6.07, 6.45) is 1.45. The Hall–Kier alpha value is -5.99. The third kappa shape index (κ3) is 8.00. The van der Waals surface area contributed by atoms with Crippen LogP contribution in [-0.4, -0.2) is 102 Å². The number of nitrogens with one attached hydrogen (secondary N) is 3. The number of nitrogens with two attached hydrogens (primary N) is 1. The zero-order chi connectivity index (χ0) is 39.7. The number of aliphatic hydroxyl groups is 3. The van der Waals surface area contributed by atoms with Crippen molar-refractivity contribution in [1.82, 2.24) is 39.8 Å². The lowest BCUT2D eigenvalue weighted by Crippen LogP contribution is -2.40. The van der Waals surface area contributed by atoms with E-state index in [0.717, 1.165) is 11.1 Å². The molecular formula is C38H42N12O6S. The average molecular weight is 795 g/mol. The fraction of sp³-hybridized carbons (Fsp3) is 0.316. The first-order chi connectivity index (χ1) is 27.6. The number of aromatic nitrogens is 7. The number of hydrogen-bond acceptors (Lipinski definition) is 13. The normalized spacial score (nSPS) is 21.0. The number of sulfonamides is 1. The van der Waals surface area contributed by atoms with Crippen LogP contribution in [0.2, 0.25) is 0 Å². The Balaban J connectivity index is 1.07. The van der Waals surface area contributed by atoms with Crippen molar-refractivity contribution in [2.75, 3.05) is 35.2 Å². The highest BCUT2D eigenvalue weighted by Crippen LogP contribution is 2.40. The van der Waals surface area contributed by atoms with Crippen molar-refractivity contribution in [3.05, 3.63) is 114 Å². The quantitative estimate of drug-likeness (QED) is 0.0939. The van der Waals surface area contributed by atoms with E-state index in [1.54, 1.807) is 10.9 Å². The van der Waals surface area contributed by atoms with Crippen molar-refractivity contribution in [3.63, 3.8) is 0 Å². The zero-order valence-electron chi connectivity index (χ0n) is 30.6. The molecule has 0 bridgehead atoms. The standard InChI is InChI=1S/C38H42N12O6S/c39-57(55,56)28-13-11-25(12-14-28)43-38(54)44-26-15-16-48(20-26)37-45-35(40-19-29(23-7-3-1-4-8-23)24-9-5-2-6-10-24)32-36(46-37)49(22-41-32)30-17-31(34(53)33(30)52)50-42-18-27(21-51)47-50/h1-14,18,22,26,29-31,33-34,51-53H,15-17,19-21H2,(H2,39,55,56)(H,40,45,46)(H2,43,44,54)/t26?,30-,31+,33+,34-/m1/s1. The van der Waals surface area contributed by atoms with Gasteiger partial charge >= 0.3 is 6.03 Å². The van der Waals surface area contributed by atoms with Crippen molar-refractivity contribution >= 4 is 44.7 Å². The molecule has 2 amide bonds. The summed E-state index contributed by atoms with van der Waals surface area (Å²) in [7, 11) is -3.87. The minimum Gasteiger partial charge on any atom is -0.390 e. The average Bonchev–Trinajstić information content (AvgIpc) is 4.03. The number of imidazole rings is 1. The summed E-state index contributed by atoms with van der Waals surface area (Å²) >= 11 is 0. The molecule has 5 atom stereocenters. The summed E-state index contributed by atoms with van der Waals surface area (Å²) < 4.78 is 25.0. The molecule has 6 aromatic rings. The van der Waals surface area contributed by atoms with Gasteiger partial charge in [-0.15, -0.1) is 0 Å². The SMILES string of the molecule is NS(=O)(=O)c1ccc(NC(=O)NC2CCN(c3nc(NCC(c4ccccc4)c4ccccc4)c4ncn([C@@H]5C[C@H](n6ncc(CO)n6)[C@@H](O)[C@H]5O)c4n3)C2)cc1. The van der Waals surface area contributed by atoms with E-state index in [1.165, 1.54) is 35.3 Å². The molecule has 8 rings (SSSR count). The molecule has 8 N–H and O–H groups in total. The van der Waals surface area contributed by atoms with Crippen LogP contribution in [-0.2, 0) is 16.6 Å². The molecule has 18 nitrogen and oxygen atoms in total. The Labute approximate surface area is 327 Å². The number of aliphatic hydroxyl groups excluding tert-OH is 3. The number of rotatable bonds is 12. The number of anilines is 3. The highest BCUT2D eigenvalue weighted by molar-refractivity contribution is 7.89. The summed E-state index contributed by atoms with van der Waals surface area (Å²) in [6.45, 7) is 1.08. The second kappa shape index (κ2) is 15.9. The van der Waals surface area contributed by atoms with Crippen LogP contribution in [0.3, 0.4) is 0 Å². The summed E-state index contributed by atoms with van der Waals surface area (Å²) in [5.41, 5.74) is 3.90. The summed E-state index contributed by atoms with van der Waals surface area (Å²) in [5.74, 6) is 0.834. The largest absolute Gasteiger partial charge is 0.390 e. The van der Waals surface area contributed by atoms with E-state index in [0.29, 0.717) is 60.4 Å². The van der Waals surface area contributed by atoms with Crippen molar-refractivity contribution < 1.29 is 28.5 Å². The summed E-state index contributed by atoms with van der Waals surface area (Å²) in [6, 6.07) is 23.9. The number of carbonyl (C=O) groups is 1. The van der Waals surface area contributed by atoms with E-state index >= 15 is 0 Å². The third-order valence-electron chi connectivity index (χ3n) is 10.5. The molecule has 2 fully saturated rings. The summed E-state index contributed by atoms with van der Waals surface area (Å²) in [5, 5.41) is 55.0. The van der Waals surface area contributed by atoms with Gasteiger partial charge in [-0.25, -0.2) is 23.3 Å². The first-order valence-corrected chi connectivity index (χ1v) is 20.0. The molecule has 0 spiro atoms. The molecule has 19 heteroatoms. The minimum absolute atomic E-state index is 0.0318. The first-order valence-electron chi connectivity index (χ1n) is 18.5. The van der Waals surface area contributed by atoms with Gasteiger partial charge in [-0.2, -0.15) is 25.0 Å². The number of nitrogens with zero attached hydrogens (tertiary/aromatic N) is 8. The maximum atomic E-state index is 13.0. The van der Waals surface area contributed by atoms with Crippen molar-refractivity contribution in [2.24, 2.45) is 5.14 Å². The Bertz CT molecular complexity index is 2410. The van der Waals surface area contributed by atoms with Crippen LogP contribution in [0.4, 0.5) is 22.2 Å². The first kappa shape index (κ1) is 37.9. The lowest BCUT2D eigenvalue weighted by molar-refractivity contribution is 0.00491. The topological polar surface area (TPSA) is 252 Å². The van der Waals surface area contributed by atoms with E-state index in [-0.39, 0.29) is 29.9 Å². The van der Waals surface area contributed by atoms with E-state index in [1.807, 2.05) is 41.3 Å². The predicted octanol–water partition coefficient (Wildman–Crippen LogP) is 2.11. The zero-order valence-corrected chi connectivity index (χ0v) is 31.4. The molecule has 1 unspecified atom stereocenters. The molecule has 296 valence electrons. The second-order valence-electron chi connectivity index (χ2n) is 14.2. The monoisotopic (exact) mass is 794 g/mol. The van der Waals surface area contributed by atoms with Gasteiger partial charge in [0.1, 0.15) is 23.9 Å². The lowest BCUT2D eigenvalue weighted by atomic mass is 9.91. The van der Waals surface area contributed by atoms with Crippen molar-refractivity contribution in [2.45, 2.75) is 60.6 Å². The van der Waals surface area contributed by atoms with Gasteiger partial charge in [-0.05, 0) is 48.2 Å². The van der Waals surface area contributed by atoms with E-state index in [9.17, 15) is 28.5 Å². The maximum absolute atomic E-state index is 13.0. The van der Waals surface area contributed by atoms with Crippen LogP contribution in [0.25, 0.3) is 11.2 Å². The molecular weight excluding hydrogens is 753 g/mol. The number of carbonyl (C=O) groups excluding carboxylic acids is 1. The van der Waals surface area contributed by atoms with E-state index in [2.05, 4.69) is 50.4 Å². The van der Waals surface area contributed by atoms with E-state index in [4.69, 9.17) is 20.1 Å². The molecule has 3 aromatic heterocycles. The molecule has 3 aromatic carbocycles. The van der Waals surface area contributed by atoms with Crippen LogP contribution >= 0.6 is 0 Å². The van der Waals surface area contributed by atoms with Gasteiger partial charge in [-0.3, -0.25) is 0 Å². The fourth-order valence-corrected chi connectivity index (χ4v) is 8.10. The Kier molecular flexibility index (Phi) is 10.6. The van der Waals surface area contributed by atoms with Gasteiger partial charge in [0.05, 0.1) is 30.1 Å². The van der Waals surface area contributed by atoms with Gasteiger partial charge in [-0.1, -0.05) is 60.7 Å². The maximum Gasteiger partial charge on any atom is 0.319 e. The number of benzene rings is 3. The Morgan fingerprint density at radius 2 is 1.61 bits per heavy atom.